The smallest absolute Gasteiger partial charge is 0.306 e. The lowest BCUT2D eigenvalue weighted by atomic mass is 10.0. The molecule has 0 aliphatic carbocycles. The van der Waals surface area contributed by atoms with Gasteiger partial charge in [0.05, 0.1) is 25.2 Å². The summed E-state index contributed by atoms with van der Waals surface area (Å²) < 4.78 is 5.90. The summed E-state index contributed by atoms with van der Waals surface area (Å²) in [5, 5.41) is 23.8. The van der Waals surface area contributed by atoms with Crippen LogP contribution < -0.4 is 5.32 Å². The maximum Gasteiger partial charge on any atom is 0.306 e. The van der Waals surface area contributed by atoms with Crippen molar-refractivity contribution in [1.82, 2.24) is 5.32 Å². The lowest BCUT2D eigenvalue weighted by Gasteiger charge is -2.24. The van der Waals surface area contributed by atoms with Crippen LogP contribution in [0.4, 0.5) is 0 Å². The van der Waals surface area contributed by atoms with E-state index in [-0.39, 0.29) is 24.9 Å². The topological polar surface area (TPSA) is 95.9 Å². The number of unbranched alkanes of at least 4 members (excludes halogenated alkanes) is 27. The number of amides is 1. The molecular formula is C55H101NO5. The zero-order chi connectivity index (χ0) is 44.5. The minimum atomic E-state index is -0.799. The molecule has 3 N–H and O–H groups in total. The average molecular weight is 856 g/mol. The van der Waals surface area contributed by atoms with Crippen LogP contribution in [0.1, 0.15) is 265 Å². The average Bonchev–Trinajstić information content (AvgIpc) is 3.25. The number of allylic oxidation sites excluding steroid dienone is 8. The van der Waals surface area contributed by atoms with E-state index in [0.717, 1.165) is 83.5 Å². The first-order valence-corrected chi connectivity index (χ1v) is 26.4. The standard InChI is InChI=1S/C55H101NO5/c1-4-7-10-13-16-19-22-24-26-27-29-31-33-35-38-41-44-47-53(58)52(50-57)56-54(59)49-51(61-55(60)48-45-42-39-36-21-18-15-12-9-6-3)46-43-40-37-34-32-30-28-25-23-20-17-14-11-8-5-2/h12,15,17,20,25,28,32,34,51-53,57-58H,4-11,13-14,16,18-19,21-24,26-27,29-31,33,35-50H2,1-3H3,(H,56,59)/b15-12-,20-17-,28-25-,34-32-. The molecule has 3 unspecified atom stereocenters. The molecule has 0 heterocycles. The van der Waals surface area contributed by atoms with Crippen LogP contribution in [0.5, 0.6) is 0 Å². The SMILES string of the molecule is CCC/C=C\CCCCCCCC(=O)OC(CCCC/C=C\C/C=C\C/C=C\CCCCC)CC(=O)NC(CO)C(O)CCCCCCCCCCCCCCCCCCC. The molecule has 0 saturated carbocycles. The highest BCUT2D eigenvalue weighted by Gasteiger charge is 2.24. The third kappa shape index (κ3) is 44.2. The molecule has 61 heavy (non-hydrogen) atoms. The van der Waals surface area contributed by atoms with E-state index in [0.29, 0.717) is 19.3 Å². The van der Waals surface area contributed by atoms with Crippen LogP contribution in [-0.2, 0) is 14.3 Å². The highest BCUT2D eigenvalue weighted by molar-refractivity contribution is 5.77. The molecule has 356 valence electrons. The summed E-state index contributed by atoms with van der Waals surface area (Å²) in [5.74, 6) is -0.519. The fourth-order valence-corrected chi connectivity index (χ4v) is 7.85. The highest BCUT2D eigenvalue weighted by Crippen LogP contribution is 2.17. The molecule has 0 fully saturated rings. The van der Waals surface area contributed by atoms with Gasteiger partial charge < -0.3 is 20.3 Å². The number of hydrogen-bond donors (Lipinski definition) is 3. The number of carbonyl (C=O) groups is 2. The molecule has 0 aromatic carbocycles. The maximum absolute atomic E-state index is 13.2. The van der Waals surface area contributed by atoms with Gasteiger partial charge in [-0.2, -0.15) is 0 Å². The van der Waals surface area contributed by atoms with E-state index in [1.165, 1.54) is 135 Å². The van der Waals surface area contributed by atoms with Crippen molar-refractivity contribution in [2.45, 2.75) is 283 Å². The van der Waals surface area contributed by atoms with Crippen LogP contribution in [0.25, 0.3) is 0 Å². The molecule has 3 atom stereocenters. The first kappa shape index (κ1) is 58.8. The van der Waals surface area contributed by atoms with Gasteiger partial charge in [-0.3, -0.25) is 9.59 Å². The summed E-state index contributed by atoms with van der Waals surface area (Å²) in [4.78, 5) is 26.1. The molecular weight excluding hydrogens is 755 g/mol. The summed E-state index contributed by atoms with van der Waals surface area (Å²) in [6.07, 6.45) is 58.9. The number of nitrogens with one attached hydrogen (secondary N) is 1. The molecule has 0 aliphatic rings. The van der Waals surface area contributed by atoms with Gasteiger partial charge in [0, 0.05) is 6.42 Å². The lowest BCUT2D eigenvalue weighted by molar-refractivity contribution is -0.151. The van der Waals surface area contributed by atoms with Crippen molar-refractivity contribution in [1.29, 1.82) is 0 Å². The molecule has 0 aliphatic heterocycles. The van der Waals surface area contributed by atoms with E-state index in [4.69, 9.17) is 4.74 Å². The number of rotatable bonds is 47. The number of ether oxygens (including phenoxy) is 1. The number of esters is 1. The number of hydrogen-bond acceptors (Lipinski definition) is 5. The Morgan fingerprint density at radius 2 is 0.869 bits per heavy atom. The van der Waals surface area contributed by atoms with Crippen LogP contribution in [0.15, 0.2) is 48.6 Å². The highest BCUT2D eigenvalue weighted by atomic mass is 16.5. The van der Waals surface area contributed by atoms with Crippen molar-refractivity contribution < 1.29 is 24.5 Å². The fourth-order valence-electron chi connectivity index (χ4n) is 7.85. The summed E-state index contributed by atoms with van der Waals surface area (Å²) in [6, 6.07) is -0.715. The molecule has 0 aromatic rings. The van der Waals surface area contributed by atoms with Crippen LogP contribution in [0.3, 0.4) is 0 Å². The maximum atomic E-state index is 13.2. The first-order chi connectivity index (χ1) is 30.0. The summed E-state index contributed by atoms with van der Waals surface area (Å²) in [5.41, 5.74) is 0. The van der Waals surface area contributed by atoms with E-state index < -0.39 is 18.2 Å². The zero-order valence-electron chi connectivity index (χ0n) is 40.5. The van der Waals surface area contributed by atoms with Crippen molar-refractivity contribution in [3.05, 3.63) is 48.6 Å². The number of aliphatic hydroxyl groups is 2. The van der Waals surface area contributed by atoms with Gasteiger partial charge in [0.1, 0.15) is 6.10 Å². The summed E-state index contributed by atoms with van der Waals surface area (Å²) in [6.45, 7) is 6.39. The van der Waals surface area contributed by atoms with Crippen molar-refractivity contribution >= 4 is 11.9 Å². The largest absolute Gasteiger partial charge is 0.462 e. The van der Waals surface area contributed by atoms with Gasteiger partial charge in [-0.1, -0.05) is 217 Å². The minimum absolute atomic E-state index is 0.0489. The molecule has 0 bridgehead atoms. The van der Waals surface area contributed by atoms with Crippen LogP contribution in [0.2, 0.25) is 0 Å². The fraction of sp³-hybridized carbons (Fsp3) is 0.818. The predicted molar refractivity (Wildman–Crippen MR) is 264 cm³/mol. The molecule has 0 spiro atoms. The molecule has 0 aromatic heterocycles. The first-order valence-electron chi connectivity index (χ1n) is 26.4. The van der Waals surface area contributed by atoms with Crippen LogP contribution in [-0.4, -0.2) is 46.9 Å². The van der Waals surface area contributed by atoms with E-state index in [2.05, 4.69) is 74.7 Å². The van der Waals surface area contributed by atoms with Crippen LogP contribution >= 0.6 is 0 Å². The molecule has 0 saturated heterocycles. The van der Waals surface area contributed by atoms with Gasteiger partial charge in [0.25, 0.3) is 0 Å². The van der Waals surface area contributed by atoms with Gasteiger partial charge in [0.15, 0.2) is 0 Å². The molecule has 1 amide bonds. The van der Waals surface area contributed by atoms with Crippen molar-refractivity contribution in [3.8, 4) is 0 Å². The third-order valence-corrected chi connectivity index (χ3v) is 11.9. The summed E-state index contributed by atoms with van der Waals surface area (Å²) in [7, 11) is 0. The second-order valence-corrected chi connectivity index (χ2v) is 17.9. The van der Waals surface area contributed by atoms with Gasteiger partial charge in [-0.25, -0.2) is 0 Å². The van der Waals surface area contributed by atoms with Gasteiger partial charge >= 0.3 is 5.97 Å². The van der Waals surface area contributed by atoms with Crippen molar-refractivity contribution in [2.75, 3.05) is 6.61 Å². The van der Waals surface area contributed by atoms with Gasteiger partial charge in [-0.05, 0) is 83.5 Å². The molecule has 6 heteroatoms. The van der Waals surface area contributed by atoms with Gasteiger partial charge in [0.2, 0.25) is 5.91 Å². The third-order valence-electron chi connectivity index (χ3n) is 11.9. The molecule has 0 rings (SSSR count). The monoisotopic (exact) mass is 856 g/mol. The van der Waals surface area contributed by atoms with E-state index in [1.54, 1.807) is 0 Å². The Balaban J connectivity index is 4.55. The molecule has 0 radical (unpaired) electrons. The predicted octanol–water partition coefficient (Wildman–Crippen LogP) is 15.8. The summed E-state index contributed by atoms with van der Waals surface area (Å²) >= 11 is 0. The Bertz CT molecular complexity index is 1050. The van der Waals surface area contributed by atoms with Crippen molar-refractivity contribution in [2.24, 2.45) is 0 Å². The Morgan fingerprint density at radius 3 is 1.39 bits per heavy atom. The molecule has 6 nitrogen and oxygen atoms in total. The zero-order valence-corrected chi connectivity index (χ0v) is 40.5. The van der Waals surface area contributed by atoms with E-state index in [9.17, 15) is 19.8 Å². The number of carbonyl (C=O) groups excluding carboxylic acids is 2. The second kappa shape index (κ2) is 48.8. The normalized spacial score (nSPS) is 13.6. The van der Waals surface area contributed by atoms with Crippen LogP contribution in [0, 0.1) is 0 Å². The van der Waals surface area contributed by atoms with Gasteiger partial charge in [-0.15, -0.1) is 0 Å². The Labute approximate surface area is 378 Å². The quantitative estimate of drug-likeness (QED) is 0.0322. The van der Waals surface area contributed by atoms with Crippen molar-refractivity contribution in [3.63, 3.8) is 0 Å². The van der Waals surface area contributed by atoms with E-state index in [1.807, 2.05) is 0 Å². The second-order valence-electron chi connectivity index (χ2n) is 17.9. The Kier molecular flexibility index (Phi) is 47.1. The number of aliphatic hydroxyl groups excluding tert-OH is 2. The lowest BCUT2D eigenvalue weighted by Crippen LogP contribution is -2.46. The minimum Gasteiger partial charge on any atom is -0.462 e. The van der Waals surface area contributed by atoms with E-state index >= 15 is 0 Å². The Morgan fingerprint density at radius 1 is 0.475 bits per heavy atom. The Hall–Kier alpha value is -2.18.